The monoisotopic (exact) mass is 194 g/mol. The van der Waals surface area contributed by atoms with Crippen LogP contribution in [0.15, 0.2) is 18.3 Å². The van der Waals surface area contributed by atoms with Gasteiger partial charge in [0.1, 0.15) is 0 Å². The van der Waals surface area contributed by atoms with E-state index in [2.05, 4.69) is 10.3 Å². The Morgan fingerprint density at radius 1 is 1.57 bits per heavy atom. The first-order chi connectivity index (χ1) is 6.68. The zero-order valence-electron chi connectivity index (χ0n) is 8.16. The number of aromatic nitrogens is 1. The highest BCUT2D eigenvalue weighted by Crippen LogP contribution is 2.01. The van der Waals surface area contributed by atoms with Crippen molar-refractivity contribution < 1.29 is 9.90 Å². The van der Waals surface area contributed by atoms with Crippen molar-refractivity contribution in [1.82, 2.24) is 10.3 Å². The number of hydrogen-bond acceptors (Lipinski definition) is 2. The van der Waals surface area contributed by atoms with E-state index in [9.17, 15) is 4.79 Å². The van der Waals surface area contributed by atoms with Gasteiger partial charge in [0.05, 0.1) is 0 Å². The molecule has 0 aliphatic heterocycles. The van der Waals surface area contributed by atoms with Crippen LogP contribution in [0.4, 0.5) is 4.79 Å². The molecule has 1 aromatic heterocycles. The summed E-state index contributed by atoms with van der Waals surface area (Å²) in [6.07, 6.45) is 2.52. The highest BCUT2D eigenvalue weighted by atomic mass is 16.4. The van der Waals surface area contributed by atoms with Crippen LogP contribution in [0.2, 0.25) is 0 Å². The Labute approximate surface area is 83.0 Å². The fourth-order valence-electron chi connectivity index (χ4n) is 1.13. The van der Waals surface area contributed by atoms with E-state index < -0.39 is 6.09 Å². The number of amides is 1. The maximum Gasteiger partial charge on any atom is 0.404 e. The molecule has 0 saturated heterocycles. The van der Waals surface area contributed by atoms with E-state index in [0.29, 0.717) is 6.54 Å². The second kappa shape index (κ2) is 5.21. The quantitative estimate of drug-likeness (QED) is 0.715. The maximum absolute atomic E-state index is 10.1. The first-order valence-corrected chi connectivity index (χ1v) is 4.57. The molecule has 76 valence electrons. The molecule has 0 atom stereocenters. The Hall–Kier alpha value is -1.58. The molecule has 0 radical (unpaired) electrons. The molecule has 14 heavy (non-hydrogen) atoms. The smallest absolute Gasteiger partial charge is 0.404 e. The van der Waals surface area contributed by atoms with Crippen LogP contribution in [0, 0.1) is 6.92 Å². The number of aryl methyl sites for hydroxylation is 2. The fraction of sp³-hybridized carbons (Fsp3) is 0.400. The summed E-state index contributed by atoms with van der Waals surface area (Å²) in [6.45, 7) is 2.43. The molecule has 0 bridgehead atoms. The summed E-state index contributed by atoms with van der Waals surface area (Å²) in [5.41, 5.74) is 2.14. The second-order valence-corrected chi connectivity index (χ2v) is 3.14. The molecule has 1 aromatic rings. The van der Waals surface area contributed by atoms with E-state index in [1.807, 2.05) is 25.3 Å². The molecule has 0 aliphatic carbocycles. The predicted molar refractivity (Wildman–Crippen MR) is 53.3 cm³/mol. The van der Waals surface area contributed by atoms with Crippen molar-refractivity contribution in [1.29, 1.82) is 0 Å². The zero-order valence-corrected chi connectivity index (χ0v) is 8.16. The summed E-state index contributed by atoms with van der Waals surface area (Å²) >= 11 is 0. The van der Waals surface area contributed by atoms with Gasteiger partial charge in [-0.15, -0.1) is 0 Å². The van der Waals surface area contributed by atoms with Crippen LogP contribution in [0.1, 0.15) is 17.7 Å². The fourth-order valence-corrected chi connectivity index (χ4v) is 1.13. The molecule has 2 N–H and O–H groups in total. The summed E-state index contributed by atoms with van der Waals surface area (Å²) in [7, 11) is 0. The molecule has 0 unspecified atom stereocenters. The lowest BCUT2D eigenvalue weighted by Crippen LogP contribution is -2.22. The first kappa shape index (κ1) is 10.5. The van der Waals surface area contributed by atoms with Crippen molar-refractivity contribution in [2.45, 2.75) is 19.8 Å². The van der Waals surface area contributed by atoms with Gasteiger partial charge >= 0.3 is 6.09 Å². The molecule has 1 heterocycles. The topological polar surface area (TPSA) is 62.2 Å². The van der Waals surface area contributed by atoms with E-state index in [0.717, 1.165) is 24.1 Å². The highest BCUT2D eigenvalue weighted by molar-refractivity contribution is 5.64. The van der Waals surface area contributed by atoms with Gasteiger partial charge in [-0.3, -0.25) is 4.98 Å². The average molecular weight is 194 g/mol. The number of nitrogens with one attached hydrogen (secondary N) is 1. The third-order valence-electron chi connectivity index (χ3n) is 1.89. The van der Waals surface area contributed by atoms with Gasteiger partial charge in [-0.2, -0.15) is 0 Å². The molecular formula is C10H14N2O2. The molecule has 4 heteroatoms. The molecule has 0 spiro atoms. The Kier molecular flexibility index (Phi) is 3.91. The number of rotatable bonds is 4. The third-order valence-corrected chi connectivity index (χ3v) is 1.89. The molecule has 4 nitrogen and oxygen atoms in total. The van der Waals surface area contributed by atoms with Crippen LogP contribution in [-0.4, -0.2) is 22.7 Å². The second-order valence-electron chi connectivity index (χ2n) is 3.14. The Morgan fingerprint density at radius 2 is 2.36 bits per heavy atom. The minimum atomic E-state index is -0.966. The molecule has 1 rings (SSSR count). The number of pyridine rings is 1. The first-order valence-electron chi connectivity index (χ1n) is 4.57. The van der Waals surface area contributed by atoms with E-state index in [4.69, 9.17) is 5.11 Å². The van der Waals surface area contributed by atoms with Crippen LogP contribution < -0.4 is 5.32 Å². The van der Waals surface area contributed by atoms with Crippen LogP contribution in [0.3, 0.4) is 0 Å². The van der Waals surface area contributed by atoms with Crippen molar-refractivity contribution in [3.63, 3.8) is 0 Å². The van der Waals surface area contributed by atoms with Gasteiger partial charge in [0.25, 0.3) is 0 Å². The largest absolute Gasteiger partial charge is 0.465 e. The van der Waals surface area contributed by atoms with Crippen LogP contribution >= 0.6 is 0 Å². The lowest BCUT2D eigenvalue weighted by Gasteiger charge is -2.01. The summed E-state index contributed by atoms with van der Waals surface area (Å²) in [5, 5.41) is 10.6. The SMILES string of the molecule is Cc1ccc(CCCNC(=O)O)cn1. The van der Waals surface area contributed by atoms with Crippen molar-refractivity contribution in [2.75, 3.05) is 6.54 Å². The van der Waals surface area contributed by atoms with E-state index in [1.54, 1.807) is 0 Å². The van der Waals surface area contributed by atoms with Crippen molar-refractivity contribution in [2.24, 2.45) is 0 Å². The normalized spacial score (nSPS) is 9.79. The molecule has 1 amide bonds. The highest BCUT2D eigenvalue weighted by Gasteiger charge is 1.95. The zero-order chi connectivity index (χ0) is 10.4. The molecule has 0 aromatic carbocycles. The third kappa shape index (κ3) is 3.89. The van der Waals surface area contributed by atoms with Crippen molar-refractivity contribution in [3.05, 3.63) is 29.6 Å². The summed E-state index contributed by atoms with van der Waals surface area (Å²) in [5.74, 6) is 0. The molecule has 0 aliphatic rings. The van der Waals surface area contributed by atoms with Crippen LogP contribution in [0.5, 0.6) is 0 Å². The van der Waals surface area contributed by atoms with Gasteiger partial charge in [-0.05, 0) is 31.4 Å². The number of carbonyl (C=O) groups is 1. The number of hydrogen-bond donors (Lipinski definition) is 2. The maximum atomic E-state index is 10.1. The van der Waals surface area contributed by atoms with Gasteiger partial charge in [0.15, 0.2) is 0 Å². The van der Waals surface area contributed by atoms with E-state index >= 15 is 0 Å². The Morgan fingerprint density at radius 3 is 2.93 bits per heavy atom. The lowest BCUT2D eigenvalue weighted by atomic mass is 10.1. The predicted octanol–water partition coefficient (Wildman–Crippen LogP) is 1.59. The summed E-state index contributed by atoms with van der Waals surface area (Å²) < 4.78 is 0. The van der Waals surface area contributed by atoms with Crippen molar-refractivity contribution >= 4 is 6.09 Å². The van der Waals surface area contributed by atoms with Gasteiger partial charge in [0, 0.05) is 18.4 Å². The minimum Gasteiger partial charge on any atom is -0.465 e. The van der Waals surface area contributed by atoms with E-state index in [-0.39, 0.29) is 0 Å². The molecule has 0 saturated carbocycles. The summed E-state index contributed by atoms with van der Waals surface area (Å²) in [6, 6.07) is 3.98. The van der Waals surface area contributed by atoms with Crippen LogP contribution in [-0.2, 0) is 6.42 Å². The van der Waals surface area contributed by atoms with Gasteiger partial charge in [-0.25, -0.2) is 4.79 Å². The van der Waals surface area contributed by atoms with Gasteiger partial charge < -0.3 is 10.4 Å². The van der Waals surface area contributed by atoms with Gasteiger partial charge in [-0.1, -0.05) is 6.07 Å². The Balaban J connectivity index is 2.25. The standard InChI is InChI=1S/C10H14N2O2/c1-8-4-5-9(7-12-8)3-2-6-11-10(13)14/h4-5,7,11H,2-3,6H2,1H3,(H,13,14). The average Bonchev–Trinajstić information content (AvgIpc) is 2.15. The van der Waals surface area contributed by atoms with Gasteiger partial charge in [0.2, 0.25) is 0 Å². The van der Waals surface area contributed by atoms with Crippen molar-refractivity contribution in [3.8, 4) is 0 Å². The van der Waals surface area contributed by atoms with Crippen LogP contribution in [0.25, 0.3) is 0 Å². The Bertz CT molecular complexity index is 295. The number of carboxylic acid groups (broad SMARTS) is 1. The lowest BCUT2D eigenvalue weighted by molar-refractivity contribution is 0.194. The minimum absolute atomic E-state index is 0.489. The number of nitrogens with zero attached hydrogens (tertiary/aromatic N) is 1. The van der Waals surface area contributed by atoms with E-state index in [1.165, 1.54) is 0 Å². The molecular weight excluding hydrogens is 180 g/mol. The molecule has 0 fully saturated rings. The summed E-state index contributed by atoms with van der Waals surface area (Å²) in [4.78, 5) is 14.3.